The van der Waals surface area contributed by atoms with Gasteiger partial charge in [0.2, 0.25) is 0 Å². The van der Waals surface area contributed by atoms with Crippen LogP contribution in [0, 0.1) is 0 Å². The van der Waals surface area contributed by atoms with Crippen LogP contribution in [-0.4, -0.2) is 35.0 Å². The zero-order chi connectivity index (χ0) is 27.6. The van der Waals surface area contributed by atoms with Crippen LogP contribution in [0.4, 0.5) is 0 Å². The van der Waals surface area contributed by atoms with E-state index >= 15 is 0 Å². The third-order valence-corrected chi connectivity index (χ3v) is 7.33. The molecule has 8 nitrogen and oxygen atoms in total. The first-order valence-electron chi connectivity index (χ1n) is 12.3. The zero-order valence-corrected chi connectivity index (χ0v) is 24.2. The number of phenolic OH excluding ortho intramolecular Hbond substituents is 1. The van der Waals surface area contributed by atoms with Crippen molar-refractivity contribution in [2.24, 2.45) is 4.99 Å². The molecule has 1 aliphatic heterocycles. The number of esters is 1. The predicted octanol–water partition coefficient (Wildman–Crippen LogP) is 4.45. The fraction of sp³-hybridized carbons (Fsp3) is 0.321. The molecule has 0 saturated carbocycles. The van der Waals surface area contributed by atoms with Gasteiger partial charge in [0, 0.05) is 5.56 Å². The van der Waals surface area contributed by atoms with Gasteiger partial charge in [0.1, 0.15) is 11.8 Å². The summed E-state index contributed by atoms with van der Waals surface area (Å²) >= 11 is 4.57. The highest BCUT2D eigenvalue weighted by Gasteiger charge is 2.35. The summed E-state index contributed by atoms with van der Waals surface area (Å²) in [5, 5.41) is 10.3. The van der Waals surface area contributed by atoms with Crippen LogP contribution in [0.15, 0.2) is 61.9 Å². The van der Waals surface area contributed by atoms with Crippen molar-refractivity contribution in [3.05, 3.63) is 83.0 Å². The average Bonchev–Trinajstić information content (AvgIpc) is 3.16. The van der Waals surface area contributed by atoms with E-state index in [0.29, 0.717) is 48.7 Å². The number of benzene rings is 2. The SMILES string of the molecule is CCOC(=O)C1=C(C)N=c2s/c(=C/c3cc(Br)c(O)c(OCC)c3)c(=O)n2[C@@H]1c1ccccc1OC(C)C. The molecule has 38 heavy (non-hydrogen) atoms. The van der Waals surface area contributed by atoms with Crippen molar-refractivity contribution in [1.29, 1.82) is 0 Å². The van der Waals surface area contributed by atoms with Gasteiger partial charge in [0.05, 0.1) is 39.6 Å². The summed E-state index contributed by atoms with van der Waals surface area (Å²) in [4.78, 5) is 32.2. The molecule has 0 aliphatic carbocycles. The number of aromatic hydroxyl groups is 1. The van der Waals surface area contributed by atoms with E-state index in [0.717, 1.165) is 0 Å². The van der Waals surface area contributed by atoms with E-state index in [2.05, 4.69) is 20.9 Å². The van der Waals surface area contributed by atoms with Gasteiger partial charge in [-0.25, -0.2) is 9.79 Å². The molecule has 0 saturated heterocycles. The molecule has 0 radical (unpaired) electrons. The van der Waals surface area contributed by atoms with E-state index in [1.54, 1.807) is 32.1 Å². The molecule has 2 heterocycles. The summed E-state index contributed by atoms with van der Waals surface area (Å²) in [7, 11) is 0. The summed E-state index contributed by atoms with van der Waals surface area (Å²) in [5.74, 6) is 0.333. The van der Waals surface area contributed by atoms with Gasteiger partial charge in [-0.05, 0) is 80.4 Å². The van der Waals surface area contributed by atoms with Crippen LogP contribution in [0.1, 0.15) is 51.8 Å². The van der Waals surface area contributed by atoms with E-state index in [1.165, 1.54) is 15.9 Å². The third-order valence-electron chi connectivity index (χ3n) is 5.74. The summed E-state index contributed by atoms with van der Waals surface area (Å²) < 4.78 is 19.4. The molecule has 2 aromatic carbocycles. The molecule has 0 unspecified atom stereocenters. The molecule has 3 aromatic rings. The minimum Gasteiger partial charge on any atom is -0.503 e. The molecule has 1 N–H and O–H groups in total. The number of carbonyl (C=O) groups excluding carboxylic acids is 1. The number of hydrogen-bond donors (Lipinski definition) is 1. The summed E-state index contributed by atoms with van der Waals surface area (Å²) in [6.45, 7) is 9.70. The number of hydrogen-bond acceptors (Lipinski definition) is 8. The first kappa shape index (κ1) is 27.7. The maximum absolute atomic E-state index is 13.9. The molecule has 4 rings (SSSR count). The first-order chi connectivity index (χ1) is 18.2. The van der Waals surface area contributed by atoms with E-state index in [4.69, 9.17) is 14.2 Å². The summed E-state index contributed by atoms with van der Waals surface area (Å²) in [6, 6.07) is 9.96. The maximum Gasteiger partial charge on any atom is 0.338 e. The fourth-order valence-corrected chi connectivity index (χ4v) is 5.75. The lowest BCUT2D eigenvalue weighted by Gasteiger charge is -2.26. The molecule has 1 atom stereocenters. The maximum atomic E-state index is 13.9. The number of aromatic nitrogens is 1. The standard InChI is InChI=1S/C28H29BrN2O6S/c1-6-35-21-13-17(12-19(29)25(21)32)14-22-26(33)31-24(18-10-8-9-11-20(18)37-15(3)4)23(27(34)36-7-2)16(5)30-28(31)38-22/h8-15,24,32H,6-7H2,1-5H3/b22-14+/t24-/m1/s1. The number of para-hydroxylation sites is 1. The number of nitrogens with zero attached hydrogens (tertiary/aromatic N) is 2. The van der Waals surface area contributed by atoms with Crippen LogP contribution >= 0.6 is 27.3 Å². The van der Waals surface area contributed by atoms with Gasteiger partial charge in [-0.3, -0.25) is 9.36 Å². The van der Waals surface area contributed by atoms with E-state index in [1.807, 2.05) is 45.0 Å². The quantitative estimate of drug-likeness (QED) is 0.383. The second-order valence-corrected chi connectivity index (χ2v) is 10.7. The van der Waals surface area contributed by atoms with Crippen molar-refractivity contribution in [2.45, 2.75) is 46.8 Å². The lowest BCUT2D eigenvalue weighted by atomic mass is 9.95. The molecule has 1 aliphatic rings. The van der Waals surface area contributed by atoms with Crippen molar-refractivity contribution in [3.8, 4) is 17.2 Å². The van der Waals surface area contributed by atoms with E-state index in [-0.39, 0.29) is 29.6 Å². The van der Waals surface area contributed by atoms with Gasteiger partial charge < -0.3 is 19.3 Å². The highest BCUT2D eigenvalue weighted by atomic mass is 79.9. The van der Waals surface area contributed by atoms with Crippen molar-refractivity contribution in [3.63, 3.8) is 0 Å². The lowest BCUT2D eigenvalue weighted by molar-refractivity contribution is -0.139. The smallest absolute Gasteiger partial charge is 0.338 e. The Bertz CT molecular complexity index is 1590. The molecule has 0 amide bonds. The Hall–Kier alpha value is -3.37. The number of halogens is 1. The Morgan fingerprint density at radius 1 is 1.21 bits per heavy atom. The summed E-state index contributed by atoms with van der Waals surface area (Å²) in [6.07, 6.45) is 1.60. The van der Waals surface area contributed by atoms with Crippen LogP contribution in [-0.2, 0) is 9.53 Å². The van der Waals surface area contributed by atoms with E-state index in [9.17, 15) is 14.7 Å². The number of rotatable bonds is 8. The van der Waals surface area contributed by atoms with Crippen LogP contribution in [0.3, 0.4) is 0 Å². The fourth-order valence-electron chi connectivity index (χ4n) is 4.25. The number of ether oxygens (including phenoxy) is 3. The number of allylic oxidation sites excluding steroid dienone is 1. The Balaban J connectivity index is 1.97. The van der Waals surface area contributed by atoms with Crippen molar-refractivity contribution in [1.82, 2.24) is 4.57 Å². The Labute approximate surface area is 232 Å². The monoisotopic (exact) mass is 600 g/mol. The molecule has 0 bridgehead atoms. The largest absolute Gasteiger partial charge is 0.503 e. The minimum absolute atomic E-state index is 0.0121. The Morgan fingerprint density at radius 2 is 1.95 bits per heavy atom. The number of fused-ring (bicyclic) bond motifs is 1. The predicted molar refractivity (Wildman–Crippen MR) is 150 cm³/mol. The van der Waals surface area contributed by atoms with Gasteiger partial charge in [0.15, 0.2) is 16.3 Å². The third kappa shape index (κ3) is 5.42. The Morgan fingerprint density at radius 3 is 2.63 bits per heavy atom. The average molecular weight is 602 g/mol. The van der Waals surface area contributed by atoms with Crippen LogP contribution < -0.4 is 24.4 Å². The first-order valence-corrected chi connectivity index (χ1v) is 13.9. The number of carbonyl (C=O) groups is 1. The summed E-state index contributed by atoms with van der Waals surface area (Å²) in [5.41, 5.74) is 1.78. The van der Waals surface area contributed by atoms with Crippen molar-refractivity contribution >= 4 is 39.3 Å². The molecule has 10 heteroatoms. The molecule has 200 valence electrons. The molecular weight excluding hydrogens is 572 g/mol. The molecule has 0 spiro atoms. The normalized spacial score (nSPS) is 15.3. The van der Waals surface area contributed by atoms with Gasteiger partial charge >= 0.3 is 5.97 Å². The highest BCUT2D eigenvalue weighted by molar-refractivity contribution is 9.10. The van der Waals surface area contributed by atoms with Gasteiger partial charge in [-0.2, -0.15) is 0 Å². The molecular formula is C28H29BrN2O6S. The minimum atomic E-state index is -0.784. The Kier molecular flexibility index (Phi) is 8.42. The van der Waals surface area contributed by atoms with Crippen molar-refractivity contribution in [2.75, 3.05) is 13.2 Å². The second-order valence-electron chi connectivity index (χ2n) is 8.79. The second kappa shape index (κ2) is 11.6. The molecule has 1 aromatic heterocycles. The topological polar surface area (TPSA) is 99.4 Å². The van der Waals surface area contributed by atoms with Crippen molar-refractivity contribution < 1.29 is 24.1 Å². The van der Waals surface area contributed by atoms with E-state index < -0.39 is 12.0 Å². The van der Waals surface area contributed by atoms with Gasteiger partial charge in [-0.15, -0.1) is 0 Å². The van der Waals surface area contributed by atoms with Crippen LogP contribution in [0.5, 0.6) is 17.2 Å². The van der Waals surface area contributed by atoms with Crippen LogP contribution in [0.2, 0.25) is 0 Å². The number of thiazole rings is 1. The lowest BCUT2D eigenvalue weighted by Crippen LogP contribution is -2.40. The van der Waals surface area contributed by atoms with Crippen LogP contribution in [0.25, 0.3) is 6.08 Å². The number of phenols is 1. The zero-order valence-electron chi connectivity index (χ0n) is 21.8. The van der Waals surface area contributed by atoms with Gasteiger partial charge in [-0.1, -0.05) is 29.5 Å². The van der Waals surface area contributed by atoms with Gasteiger partial charge in [0.25, 0.3) is 5.56 Å². The molecule has 0 fully saturated rings. The highest BCUT2D eigenvalue weighted by Crippen LogP contribution is 2.37.